The van der Waals surface area contributed by atoms with Crippen molar-refractivity contribution in [2.24, 2.45) is 0 Å². The summed E-state index contributed by atoms with van der Waals surface area (Å²) >= 11 is 1.05. The van der Waals surface area contributed by atoms with Crippen LogP contribution < -0.4 is 15.6 Å². The van der Waals surface area contributed by atoms with E-state index in [4.69, 9.17) is 4.74 Å². The maximum absolute atomic E-state index is 13.3. The van der Waals surface area contributed by atoms with Crippen molar-refractivity contribution in [2.45, 2.75) is 13.5 Å². The molecule has 27 heavy (non-hydrogen) atoms. The molecule has 2 heterocycles. The fourth-order valence-electron chi connectivity index (χ4n) is 2.46. The maximum Gasteiger partial charge on any atom is 0.263 e. The summed E-state index contributed by atoms with van der Waals surface area (Å²) in [6.07, 6.45) is 1.46. The van der Waals surface area contributed by atoms with Crippen molar-refractivity contribution in [3.05, 3.63) is 68.6 Å². The Bertz CT molecular complexity index is 1060. The van der Waals surface area contributed by atoms with Gasteiger partial charge in [-0.1, -0.05) is 6.07 Å². The lowest BCUT2D eigenvalue weighted by atomic mass is 10.2. The molecule has 6 nitrogen and oxygen atoms in total. The van der Waals surface area contributed by atoms with Crippen molar-refractivity contribution < 1.29 is 18.3 Å². The third-order valence-electron chi connectivity index (χ3n) is 3.80. The van der Waals surface area contributed by atoms with Gasteiger partial charge in [0.15, 0.2) is 11.6 Å². The SMILES string of the molecule is COc1cc[nH]c(=O)c1-c1nc(C)c(C(=O)NCc2ccc(F)c(F)c2)s1. The molecule has 3 rings (SSSR count). The quantitative estimate of drug-likeness (QED) is 0.700. The minimum Gasteiger partial charge on any atom is -0.496 e. The summed E-state index contributed by atoms with van der Waals surface area (Å²) in [6.45, 7) is 1.67. The van der Waals surface area contributed by atoms with E-state index < -0.39 is 17.5 Å². The second-order valence-electron chi connectivity index (χ2n) is 5.61. The van der Waals surface area contributed by atoms with E-state index in [1.54, 1.807) is 13.0 Å². The molecule has 3 aromatic rings. The lowest BCUT2D eigenvalue weighted by molar-refractivity contribution is 0.0954. The minimum absolute atomic E-state index is 0.0257. The Labute approximate surface area is 156 Å². The summed E-state index contributed by atoms with van der Waals surface area (Å²) in [6, 6.07) is 5.00. The zero-order valence-electron chi connectivity index (χ0n) is 14.4. The van der Waals surface area contributed by atoms with Crippen molar-refractivity contribution >= 4 is 17.2 Å². The molecule has 0 aliphatic rings. The van der Waals surface area contributed by atoms with E-state index in [0.717, 1.165) is 23.5 Å². The molecule has 0 unspecified atom stereocenters. The largest absolute Gasteiger partial charge is 0.496 e. The number of thiazole rings is 1. The number of aromatic amines is 1. The van der Waals surface area contributed by atoms with E-state index >= 15 is 0 Å². The average molecular weight is 391 g/mol. The Kier molecular flexibility index (Phi) is 5.31. The number of ether oxygens (including phenoxy) is 1. The highest BCUT2D eigenvalue weighted by atomic mass is 32.1. The first kappa shape index (κ1) is 18.7. The van der Waals surface area contributed by atoms with Gasteiger partial charge in [0, 0.05) is 12.7 Å². The van der Waals surface area contributed by atoms with Crippen molar-refractivity contribution in [1.29, 1.82) is 0 Å². The predicted molar refractivity (Wildman–Crippen MR) is 97.0 cm³/mol. The van der Waals surface area contributed by atoms with Gasteiger partial charge in [-0.25, -0.2) is 13.8 Å². The highest BCUT2D eigenvalue weighted by Gasteiger charge is 2.20. The predicted octanol–water partition coefficient (Wildman–Crippen LogP) is 3.02. The molecule has 0 atom stereocenters. The molecule has 0 radical (unpaired) electrons. The first-order chi connectivity index (χ1) is 12.9. The number of halogens is 2. The molecule has 0 bridgehead atoms. The Morgan fingerprint density at radius 2 is 2.07 bits per heavy atom. The highest BCUT2D eigenvalue weighted by Crippen LogP contribution is 2.31. The normalized spacial score (nSPS) is 10.7. The maximum atomic E-state index is 13.3. The molecule has 0 spiro atoms. The van der Waals surface area contributed by atoms with Crippen molar-refractivity contribution in [3.63, 3.8) is 0 Å². The van der Waals surface area contributed by atoms with Gasteiger partial charge < -0.3 is 15.0 Å². The van der Waals surface area contributed by atoms with E-state index in [0.29, 0.717) is 26.9 Å². The second-order valence-corrected chi connectivity index (χ2v) is 6.61. The number of nitrogens with one attached hydrogen (secondary N) is 2. The van der Waals surface area contributed by atoms with Crippen LogP contribution in [0.2, 0.25) is 0 Å². The third-order valence-corrected chi connectivity index (χ3v) is 4.97. The number of H-pyrrole nitrogens is 1. The van der Waals surface area contributed by atoms with Gasteiger partial charge in [-0.15, -0.1) is 11.3 Å². The van der Waals surface area contributed by atoms with Crippen LogP contribution in [0.1, 0.15) is 20.9 Å². The number of rotatable bonds is 5. The van der Waals surface area contributed by atoms with Gasteiger partial charge in [0.1, 0.15) is 21.2 Å². The average Bonchev–Trinajstić information content (AvgIpc) is 3.03. The van der Waals surface area contributed by atoms with E-state index in [2.05, 4.69) is 15.3 Å². The van der Waals surface area contributed by atoms with Gasteiger partial charge in [0.05, 0.1) is 12.8 Å². The minimum atomic E-state index is -0.978. The molecule has 1 aromatic carbocycles. The highest BCUT2D eigenvalue weighted by molar-refractivity contribution is 7.17. The zero-order valence-corrected chi connectivity index (χ0v) is 15.2. The summed E-state index contributed by atoms with van der Waals surface area (Å²) in [5.74, 6) is -2.00. The number of nitrogens with zero attached hydrogens (tertiary/aromatic N) is 1. The summed E-state index contributed by atoms with van der Waals surface area (Å²) in [7, 11) is 1.44. The second kappa shape index (κ2) is 7.67. The van der Waals surface area contributed by atoms with Gasteiger partial charge in [-0.3, -0.25) is 9.59 Å². The van der Waals surface area contributed by atoms with Gasteiger partial charge in [-0.05, 0) is 30.7 Å². The number of methoxy groups -OCH3 is 1. The van der Waals surface area contributed by atoms with E-state index in [1.807, 2.05) is 0 Å². The number of hydrogen-bond donors (Lipinski definition) is 2. The number of carbonyl (C=O) groups is 1. The molecule has 0 fully saturated rings. The number of carbonyl (C=O) groups excluding carboxylic acids is 1. The Balaban J connectivity index is 1.83. The summed E-state index contributed by atoms with van der Waals surface area (Å²) in [4.78, 5) is 31.7. The van der Waals surface area contributed by atoms with E-state index in [1.165, 1.54) is 19.4 Å². The first-order valence-electron chi connectivity index (χ1n) is 7.86. The van der Waals surface area contributed by atoms with Crippen LogP contribution in [0.15, 0.2) is 35.3 Å². The zero-order chi connectivity index (χ0) is 19.6. The third kappa shape index (κ3) is 3.87. The van der Waals surface area contributed by atoms with Crippen LogP contribution >= 0.6 is 11.3 Å². The van der Waals surface area contributed by atoms with Crippen LogP contribution in [0.3, 0.4) is 0 Å². The van der Waals surface area contributed by atoms with Crippen molar-refractivity contribution in [3.8, 4) is 16.3 Å². The topological polar surface area (TPSA) is 84.1 Å². The summed E-state index contributed by atoms with van der Waals surface area (Å²) < 4.78 is 31.4. The van der Waals surface area contributed by atoms with Crippen LogP contribution in [0, 0.1) is 18.6 Å². The van der Waals surface area contributed by atoms with Crippen LogP contribution in [-0.2, 0) is 6.54 Å². The standard InChI is InChI=1S/C18H15F2N3O3S/c1-9-15(17(25)22-8-10-3-4-11(19)12(20)7-10)27-18(23-9)14-13(26-2)5-6-21-16(14)24/h3-7H,8H2,1-2H3,(H,21,24)(H,22,25). The number of pyridine rings is 1. The van der Waals surface area contributed by atoms with Crippen molar-refractivity contribution in [1.82, 2.24) is 15.3 Å². The van der Waals surface area contributed by atoms with Gasteiger partial charge in [0.25, 0.3) is 11.5 Å². The van der Waals surface area contributed by atoms with Crippen LogP contribution in [-0.4, -0.2) is 23.0 Å². The van der Waals surface area contributed by atoms with Gasteiger partial charge in [-0.2, -0.15) is 0 Å². The molecule has 0 aliphatic carbocycles. The van der Waals surface area contributed by atoms with Gasteiger partial charge in [0.2, 0.25) is 0 Å². The Morgan fingerprint density at radius 1 is 1.30 bits per heavy atom. The lowest BCUT2D eigenvalue weighted by Gasteiger charge is -2.05. The van der Waals surface area contributed by atoms with Crippen LogP contribution in [0.5, 0.6) is 5.75 Å². The molecule has 0 aliphatic heterocycles. The molecule has 2 aromatic heterocycles. The number of benzene rings is 1. The molecule has 0 saturated carbocycles. The molecule has 2 N–H and O–H groups in total. The number of hydrogen-bond acceptors (Lipinski definition) is 5. The summed E-state index contributed by atoms with van der Waals surface area (Å²) in [5.41, 5.74) is 0.735. The smallest absolute Gasteiger partial charge is 0.263 e. The van der Waals surface area contributed by atoms with Crippen LogP contribution in [0.4, 0.5) is 8.78 Å². The fraction of sp³-hybridized carbons (Fsp3) is 0.167. The monoisotopic (exact) mass is 391 g/mol. The fourth-order valence-corrected chi connectivity index (χ4v) is 3.49. The molecule has 140 valence electrons. The van der Waals surface area contributed by atoms with E-state index in [9.17, 15) is 18.4 Å². The summed E-state index contributed by atoms with van der Waals surface area (Å²) in [5, 5.41) is 2.99. The molecule has 9 heteroatoms. The van der Waals surface area contributed by atoms with Gasteiger partial charge >= 0.3 is 0 Å². The molecular formula is C18H15F2N3O3S. The molecular weight excluding hydrogens is 376 g/mol. The molecule has 0 saturated heterocycles. The number of aryl methyl sites for hydroxylation is 1. The number of amides is 1. The number of aromatic nitrogens is 2. The Hall–Kier alpha value is -3.07. The van der Waals surface area contributed by atoms with E-state index in [-0.39, 0.29) is 17.7 Å². The Morgan fingerprint density at radius 3 is 2.78 bits per heavy atom. The molecule has 1 amide bonds. The lowest BCUT2D eigenvalue weighted by Crippen LogP contribution is -2.22. The van der Waals surface area contributed by atoms with Crippen LogP contribution in [0.25, 0.3) is 10.6 Å². The van der Waals surface area contributed by atoms with Crippen molar-refractivity contribution in [2.75, 3.05) is 7.11 Å². The first-order valence-corrected chi connectivity index (χ1v) is 8.68.